The molecule has 18 nitrogen and oxygen atoms in total. The number of ether oxygens (including phenoxy) is 8. The van der Waals surface area contributed by atoms with E-state index in [0.29, 0.717) is 19.3 Å². The summed E-state index contributed by atoms with van der Waals surface area (Å²) in [7, 11) is 0. The second-order valence-electron chi connectivity index (χ2n) is 23.6. The van der Waals surface area contributed by atoms with Crippen molar-refractivity contribution in [1.82, 2.24) is 0 Å². The van der Waals surface area contributed by atoms with E-state index in [1.807, 2.05) is 6.92 Å². The lowest BCUT2D eigenvalue weighted by molar-refractivity contribution is -0.379. The van der Waals surface area contributed by atoms with Gasteiger partial charge >= 0.3 is 17.9 Å². The molecule has 5 aliphatic carbocycles. The molecule has 3 saturated heterocycles. The van der Waals surface area contributed by atoms with E-state index >= 15 is 0 Å². The van der Waals surface area contributed by atoms with Crippen LogP contribution < -0.4 is 0 Å². The second-order valence-corrected chi connectivity index (χ2v) is 23.6. The predicted octanol–water partition coefficient (Wildman–Crippen LogP) is 3.13. The number of fused-ring (bicyclic) bond motifs is 7. The van der Waals surface area contributed by atoms with Crippen LogP contribution in [-0.2, 0) is 52.3 Å². The van der Waals surface area contributed by atoms with Gasteiger partial charge in [0, 0.05) is 19.3 Å². The van der Waals surface area contributed by atoms with Crippen molar-refractivity contribution in [3.8, 4) is 0 Å². The number of aliphatic carboxylic acids is 1. The fraction of sp³-hybridized carbons (Fsp3) is 0.900. The fourth-order valence-electron chi connectivity index (χ4n) is 15.2. The molecule has 0 amide bonds. The third-order valence-corrected chi connectivity index (χ3v) is 19.3. The summed E-state index contributed by atoms with van der Waals surface area (Å²) >= 11 is 0. The molecule has 4 saturated carbocycles. The maximum atomic E-state index is 13.2. The van der Waals surface area contributed by atoms with Crippen LogP contribution in [0.5, 0.6) is 0 Å². The average Bonchev–Trinajstić information content (AvgIpc) is 3.26. The Labute approximate surface area is 399 Å². The van der Waals surface area contributed by atoms with Gasteiger partial charge in [0.1, 0.15) is 42.7 Å². The highest BCUT2D eigenvalue weighted by Gasteiger charge is 2.70. The predicted molar refractivity (Wildman–Crippen MR) is 238 cm³/mol. The van der Waals surface area contributed by atoms with Crippen LogP contribution in [0.4, 0.5) is 0 Å². The molecule has 0 spiro atoms. The molecule has 0 aromatic heterocycles. The number of carboxylic acids is 1. The number of aliphatic hydroxyl groups excluding tert-OH is 6. The Morgan fingerprint density at radius 3 is 2.01 bits per heavy atom. The molecule has 7 fully saturated rings. The van der Waals surface area contributed by atoms with E-state index in [0.717, 1.165) is 58.8 Å². The van der Waals surface area contributed by atoms with Gasteiger partial charge < -0.3 is 73.6 Å². The first-order valence-electron chi connectivity index (χ1n) is 24.9. The van der Waals surface area contributed by atoms with Gasteiger partial charge in [-0.2, -0.15) is 0 Å². The smallest absolute Gasteiger partial charge is 0.310 e. The molecule has 68 heavy (non-hydrogen) atoms. The first-order valence-corrected chi connectivity index (χ1v) is 24.9. The molecular formula is C50H78O18. The summed E-state index contributed by atoms with van der Waals surface area (Å²) in [5, 5.41) is 78.7. The molecular weight excluding hydrogens is 889 g/mol. The highest BCUT2D eigenvalue weighted by atomic mass is 16.8. The van der Waals surface area contributed by atoms with Crippen molar-refractivity contribution in [1.29, 1.82) is 0 Å². The Hall–Kier alpha value is -2.33. The largest absolute Gasteiger partial charge is 0.481 e. The van der Waals surface area contributed by atoms with Gasteiger partial charge in [0.25, 0.3) is 0 Å². The Morgan fingerprint density at radius 1 is 0.706 bits per heavy atom. The standard InChI is InChI=1S/C50H78O18/c1-24-34(55)39(67-41-36(57)38(65-26(3)53)30(22-62-41)64-25(2)52)37(58)42(63-24)68-40-35(56)29(54)21-61-43(40)66-33-13-14-46(6)31(47(33,7)23-51)12-15-49(9)32(46)11-10-27-28-20-45(4,5)16-18-50(28,44(59)60)19-17-48(27,49)8/h10,24,28-43,51,54-58H,11-23H2,1-9H3,(H,59,60)/t24-,28-,29-,30+,31+,32-,33-,34-,35-,36+,37+,38-,39+,40+,41-,42-,43-,46-,47-,48+,49+,50-/m0/s1. The van der Waals surface area contributed by atoms with E-state index in [2.05, 4.69) is 40.7 Å². The van der Waals surface area contributed by atoms with Crippen LogP contribution in [0.3, 0.4) is 0 Å². The number of allylic oxidation sites excluding steroid dienone is 2. The number of esters is 2. The molecule has 0 radical (unpaired) electrons. The minimum atomic E-state index is -1.79. The molecule has 3 heterocycles. The minimum absolute atomic E-state index is 0.00715. The number of hydrogen-bond donors (Lipinski definition) is 7. The number of carbonyl (C=O) groups is 3. The van der Waals surface area contributed by atoms with Crippen molar-refractivity contribution in [3.63, 3.8) is 0 Å². The highest BCUT2D eigenvalue weighted by molar-refractivity contribution is 5.76. The van der Waals surface area contributed by atoms with Gasteiger partial charge in [0.05, 0.1) is 37.4 Å². The maximum absolute atomic E-state index is 13.2. The molecule has 18 heteroatoms. The van der Waals surface area contributed by atoms with Crippen molar-refractivity contribution in [2.75, 3.05) is 19.8 Å². The van der Waals surface area contributed by atoms with Gasteiger partial charge in [-0.15, -0.1) is 0 Å². The van der Waals surface area contributed by atoms with E-state index < -0.39 is 115 Å². The van der Waals surface area contributed by atoms with Crippen LogP contribution in [0.25, 0.3) is 0 Å². The van der Waals surface area contributed by atoms with Gasteiger partial charge in [-0.3, -0.25) is 14.4 Å². The van der Waals surface area contributed by atoms with Gasteiger partial charge in [-0.05, 0) is 111 Å². The van der Waals surface area contributed by atoms with Gasteiger partial charge in [-0.25, -0.2) is 0 Å². The molecule has 0 unspecified atom stereocenters. The van der Waals surface area contributed by atoms with Crippen molar-refractivity contribution in [3.05, 3.63) is 11.6 Å². The van der Waals surface area contributed by atoms with Gasteiger partial charge in [0.15, 0.2) is 31.1 Å². The van der Waals surface area contributed by atoms with Crippen LogP contribution in [0, 0.1) is 50.2 Å². The highest BCUT2D eigenvalue weighted by Crippen LogP contribution is 2.76. The summed E-state index contributed by atoms with van der Waals surface area (Å²) in [6, 6.07) is 0. The average molecular weight is 967 g/mol. The van der Waals surface area contributed by atoms with Crippen LogP contribution >= 0.6 is 0 Å². The van der Waals surface area contributed by atoms with Crippen LogP contribution in [0.1, 0.15) is 127 Å². The molecule has 8 rings (SSSR count). The molecule has 0 aromatic carbocycles. The zero-order valence-corrected chi connectivity index (χ0v) is 41.2. The van der Waals surface area contributed by atoms with E-state index in [-0.39, 0.29) is 59.2 Å². The summed E-state index contributed by atoms with van der Waals surface area (Å²) in [5.74, 6) is -1.89. The van der Waals surface area contributed by atoms with Gasteiger partial charge in [0.2, 0.25) is 0 Å². The monoisotopic (exact) mass is 967 g/mol. The van der Waals surface area contributed by atoms with Crippen molar-refractivity contribution >= 4 is 17.9 Å². The lowest BCUT2D eigenvalue weighted by Crippen LogP contribution is -2.67. The number of rotatable bonds is 10. The van der Waals surface area contributed by atoms with Crippen molar-refractivity contribution in [2.45, 2.75) is 213 Å². The van der Waals surface area contributed by atoms with Crippen molar-refractivity contribution < 1.29 is 88.0 Å². The van der Waals surface area contributed by atoms with Crippen LogP contribution in [0.2, 0.25) is 0 Å². The van der Waals surface area contributed by atoms with E-state index in [1.165, 1.54) is 12.5 Å². The van der Waals surface area contributed by atoms with E-state index in [4.69, 9.17) is 37.9 Å². The first-order chi connectivity index (χ1) is 31.8. The summed E-state index contributed by atoms with van der Waals surface area (Å²) in [6.45, 7) is 16.7. The Morgan fingerprint density at radius 2 is 1.35 bits per heavy atom. The Balaban J connectivity index is 1.00. The molecule has 8 aliphatic rings. The minimum Gasteiger partial charge on any atom is -0.481 e. The number of carboxylic acid groups (broad SMARTS) is 1. The third-order valence-electron chi connectivity index (χ3n) is 19.3. The molecule has 0 aromatic rings. The molecule has 0 bridgehead atoms. The lowest BCUT2D eigenvalue weighted by Gasteiger charge is -2.71. The molecule has 22 atom stereocenters. The first kappa shape index (κ1) is 52.0. The molecule has 386 valence electrons. The quantitative estimate of drug-likeness (QED) is 0.0942. The van der Waals surface area contributed by atoms with E-state index in [1.54, 1.807) is 0 Å². The molecule has 3 aliphatic heterocycles. The Bertz CT molecular complexity index is 1930. The number of carbonyl (C=O) groups excluding carboxylic acids is 2. The third kappa shape index (κ3) is 8.49. The topological polar surface area (TPSA) is 267 Å². The van der Waals surface area contributed by atoms with Crippen LogP contribution in [0.15, 0.2) is 11.6 Å². The Kier molecular flexibility index (Phi) is 14.2. The fourth-order valence-corrected chi connectivity index (χ4v) is 15.2. The van der Waals surface area contributed by atoms with Crippen LogP contribution in [-0.4, -0.2) is 159 Å². The summed E-state index contributed by atoms with van der Waals surface area (Å²) in [6.07, 6.45) is -9.52. The van der Waals surface area contributed by atoms with Crippen molar-refractivity contribution in [2.24, 2.45) is 50.2 Å². The lowest BCUT2D eigenvalue weighted by atomic mass is 9.33. The molecule has 7 N–H and O–H groups in total. The number of hydrogen-bond acceptors (Lipinski definition) is 17. The SMILES string of the molecule is CC(=O)O[C@@H]1[C@@H](O)[C@H](O[C@@H]2[C@@H](O)[C@H](C)O[C@@H](O[C@H]3[C@H](O[C@H]4CC[C@@]5(C)[C@@H](CC[C@]6(C)[C@H]5CC=C5[C@@H]7CC(C)(C)CC[C@]7(C(=O)O)CC[C@]56C)[C@]4(C)CO)OC[C@H](O)[C@@H]3O)[C@@H]2O)OC[C@H]1OC(C)=O. The summed E-state index contributed by atoms with van der Waals surface area (Å²) < 4.78 is 47.1. The maximum Gasteiger partial charge on any atom is 0.310 e. The normalized spacial score (nSPS) is 51.1. The van der Waals surface area contributed by atoms with E-state index in [9.17, 15) is 50.1 Å². The zero-order valence-electron chi connectivity index (χ0n) is 41.2. The summed E-state index contributed by atoms with van der Waals surface area (Å²) in [4.78, 5) is 36.8. The van der Waals surface area contributed by atoms with Gasteiger partial charge in [-0.1, -0.05) is 53.2 Å². The second kappa shape index (κ2) is 18.6. The zero-order chi connectivity index (χ0) is 49.7. The summed E-state index contributed by atoms with van der Waals surface area (Å²) in [5.41, 5.74) is -0.641. The number of aliphatic hydroxyl groups is 6.